The van der Waals surface area contributed by atoms with Crippen molar-refractivity contribution >= 4 is 0 Å². The summed E-state index contributed by atoms with van der Waals surface area (Å²) in [5, 5.41) is 9.90. The lowest BCUT2D eigenvalue weighted by Crippen LogP contribution is -2.25. The molecule has 0 spiro atoms. The molecule has 202 valence electrons. The number of rotatable bonds is 15. The number of unbranched alkanes of at least 4 members (excludes halogenated alkanes) is 3. The fourth-order valence-electron chi connectivity index (χ4n) is 5.90. The molecule has 1 fully saturated rings. The first-order chi connectivity index (χ1) is 17.9. The van der Waals surface area contributed by atoms with Crippen molar-refractivity contribution in [1.82, 2.24) is 0 Å². The molecule has 0 saturated heterocycles. The first-order valence-electron chi connectivity index (χ1n) is 15.2. The van der Waals surface area contributed by atoms with Crippen LogP contribution < -0.4 is 4.74 Å². The molecule has 1 atom stereocenters. The van der Waals surface area contributed by atoms with Crippen molar-refractivity contribution in [2.75, 3.05) is 6.61 Å². The van der Waals surface area contributed by atoms with Gasteiger partial charge in [-0.25, -0.2) is 0 Å². The zero-order valence-electron chi connectivity index (χ0n) is 24.1. The minimum atomic E-state index is -0.0696. The molecule has 37 heavy (non-hydrogen) atoms. The Morgan fingerprint density at radius 2 is 1.49 bits per heavy atom. The van der Waals surface area contributed by atoms with Crippen LogP contribution in [0.3, 0.4) is 0 Å². The molecule has 2 heteroatoms. The molecule has 0 amide bonds. The lowest BCUT2D eigenvalue weighted by atomic mass is 9.67. The molecule has 1 saturated carbocycles. The molecule has 2 aromatic carbocycles. The van der Waals surface area contributed by atoms with Gasteiger partial charge in [-0.1, -0.05) is 109 Å². The highest BCUT2D eigenvalue weighted by molar-refractivity contribution is 5.64. The van der Waals surface area contributed by atoms with Gasteiger partial charge in [-0.05, 0) is 85.1 Å². The summed E-state index contributed by atoms with van der Waals surface area (Å²) in [6.07, 6.45) is 15.6. The quantitative estimate of drug-likeness (QED) is 0.227. The molecule has 1 aliphatic carbocycles. The summed E-state index contributed by atoms with van der Waals surface area (Å²) in [4.78, 5) is 0. The van der Waals surface area contributed by atoms with Crippen molar-refractivity contribution in [3.63, 3.8) is 0 Å². The highest BCUT2D eigenvalue weighted by Gasteiger charge is 2.35. The molecule has 0 aromatic heterocycles. The van der Waals surface area contributed by atoms with E-state index in [1.165, 1.54) is 61.6 Å². The van der Waals surface area contributed by atoms with E-state index < -0.39 is 0 Å². The zero-order chi connectivity index (χ0) is 26.5. The van der Waals surface area contributed by atoms with Gasteiger partial charge < -0.3 is 4.74 Å². The Labute approximate surface area is 227 Å². The summed E-state index contributed by atoms with van der Waals surface area (Å²) >= 11 is 0. The van der Waals surface area contributed by atoms with Gasteiger partial charge in [-0.3, -0.25) is 0 Å². The predicted molar refractivity (Wildman–Crippen MR) is 158 cm³/mol. The molecule has 2 nitrogen and oxygen atoms in total. The molecule has 0 N–H and O–H groups in total. The first kappa shape index (κ1) is 29.3. The van der Waals surface area contributed by atoms with Gasteiger partial charge in [-0.2, -0.15) is 5.26 Å². The minimum Gasteiger partial charge on any atom is -0.494 e. The van der Waals surface area contributed by atoms with E-state index in [0.717, 1.165) is 62.7 Å². The number of nitrogens with zero attached hydrogens (tertiary/aromatic N) is 1. The average Bonchev–Trinajstić information content (AvgIpc) is 2.92. The van der Waals surface area contributed by atoms with Crippen LogP contribution in [0.4, 0.5) is 0 Å². The Kier molecular flexibility index (Phi) is 12.0. The van der Waals surface area contributed by atoms with Crippen molar-refractivity contribution in [3.8, 4) is 22.9 Å². The van der Waals surface area contributed by atoms with E-state index in [4.69, 9.17) is 4.74 Å². The highest BCUT2D eigenvalue weighted by Crippen LogP contribution is 2.46. The molecule has 3 rings (SSSR count). The third-order valence-corrected chi connectivity index (χ3v) is 8.62. The molecule has 0 radical (unpaired) electrons. The predicted octanol–water partition coefficient (Wildman–Crippen LogP) is 10.7. The van der Waals surface area contributed by atoms with Crippen molar-refractivity contribution in [2.24, 2.45) is 17.3 Å². The van der Waals surface area contributed by atoms with Gasteiger partial charge in [0, 0.05) is 0 Å². The lowest BCUT2D eigenvalue weighted by Gasteiger charge is -2.35. The van der Waals surface area contributed by atoms with E-state index in [1.807, 2.05) is 0 Å². The van der Waals surface area contributed by atoms with Gasteiger partial charge >= 0.3 is 0 Å². The largest absolute Gasteiger partial charge is 0.494 e. The SMILES string of the molecule is CCCCCCC1(C#N)CCC(c2ccc(-c3ccc(OCC[C@H](C)CCCC(C)C)cc3)cc2)CC1. The van der Waals surface area contributed by atoms with Crippen molar-refractivity contribution < 1.29 is 4.74 Å². The first-order valence-corrected chi connectivity index (χ1v) is 15.2. The Bertz CT molecular complexity index is 929. The third-order valence-electron chi connectivity index (χ3n) is 8.62. The third kappa shape index (κ3) is 9.52. The summed E-state index contributed by atoms with van der Waals surface area (Å²) in [5.41, 5.74) is 3.86. The second-order valence-corrected chi connectivity index (χ2v) is 12.2. The fraction of sp³-hybridized carbons (Fsp3) is 0.629. The highest BCUT2D eigenvalue weighted by atomic mass is 16.5. The van der Waals surface area contributed by atoms with Crippen LogP contribution in [0.5, 0.6) is 5.75 Å². The smallest absolute Gasteiger partial charge is 0.119 e. The summed E-state index contributed by atoms with van der Waals surface area (Å²) in [6.45, 7) is 10.00. The minimum absolute atomic E-state index is 0.0696. The van der Waals surface area contributed by atoms with Gasteiger partial charge in [-0.15, -0.1) is 0 Å². The molecule has 0 aliphatic heterocycles. The number of hydrogen-bond acceptors (Lipinski definition) is 2. The second-order valence-electron chi connectivity index (χ2n) is 12.2. The van der Waals surface area contributed by atoms with Crippen LogP contribution in [0.2, 0.25) is 0 Å². The Hall–Kier alpha value is -2.27. The van der Waals surface area contributed by atoms with Crippen molar-refractivity contribution in [2.45, 2.75) is 117 Å². The van der Waals surface area contributed by atoms with Gasteiger partial charge in [0.05, 0.1) is 18.1 Å². The molecule has 0 bridgehead atoms. The number of hydrogen-bond donors (Lipinski definition) is 0. The van der Waals surface area contributed by atoms with Crippen molar-refractivity contribution in [3.05, 3.63) is 54.1 Å². The van der Waals surface area contributed by atoms with Gasteiger partial charge in [0.15, 0.2) is 0 Å². The molecular weight excluding hydrogens is 450 g/mol. The second kappa shape index (κ2) is 15.2. The molecular formula is C35H51NO. The molecule has 2 aromatic rings. The Morgan fingerprint density at radius 3 is 2.08 bits per heavy atom. The van der Waals surface area contributed by atoms with Crippen LogP contribution in [0.25, 0.3) is 11.1 Å². The van der Waals surface area contributed by atoms with E-state index in [2.05, 4.69) is 82.3 Å². The van der Waals surface area contributed by atoms with E-state index in [0.29, 0.717) is 5.92 Å². The average molecular weight is 502 g/mol. The van der Waals surface area contributed by atoms with Crippen molar-refractivity contribution in [1.29, 1.82) is 5.26 Å². The summed E-state index contributed by atoms with van der Waals surface area (Å²) in [7, 11) is 0. The van der Waals surface area contributed by atoms with Crippen LogP contribution in [-0.4, -0.2) is 6.61 Å². The Balaban J connectivity index is 1.44. The van der Waals surface area contributed by atoms with Crippen LogP contribution >= 0.6 is 0 Å². The van der Waals surface area contributed by atoms with E-state index in [9.17, 15) is 5.26 Å². The maximum Gasteiger partial charge on any atom is 0.119 e. The Morgan fingerprint density at radius 1 is 0.838 bits per heavy atom. The molecule has 1 aliphatic rings. The standard InChI is InChI=1S/C35H51NO/c1-5-6-7-8-23-35(27-36)24-20-33(21-25-35)31-14-12-30(13-15-31)32-16-18-34(19-17-32)37-26-22-29(4)11-9-10-28(2)3/h12-19,28-29,33H,5-11,20-26H2,1-4H3/t29-,33?,35?/m1/s1. The van der Waals surface area contributed by atoms with Crippen LogP contribution in [0.15, 0.2) is 48.5 Å². The summed E-state index contributed by atoms with van der Waals surface area (Å²) in [5.74, 6) is 3.09. The number of nitriles is 1. The van der Waals surface area contributed by atoms with E-state index in [1.54, 1.807) is 0 Å². The lowest BCUT2D eigenvalue weighted by molar-refractivity contribution is 0.223. The van der Waals surface area contributed by atoms with Gasteiger partial charge in [0.2, 0.25) is 0 Å². The zero-order valence-corrected chi connectivity index (χ0v) is 24.1. The summed E-state index contributed by atoms with van der Waals surface area (Å²) in [6, 6.07) is 20.4. The molecule has 0 heterocycles. The number of ether oxygens (including phenoxy) is 1. The fourth-order valence-corrected chi connectivity index (χ4v) is 5.90. The van der Waals surface area contributed by atoms with Crippen LogP contribution in [0, 0.1) is 28.6 Å². The topological polar surface area (TPSA) is 33.0 Å². The van der Waals surface area contributed by atoms with Gasteiger partial charge in [0.1, 0.15) is 5.75 Å². The van der Waals surface area contributed by atoms with Crippen LogP contribution in [0.1, 0.15) is 123 Å². The monoisotopic (exact) mass is 501 g/mol. The van der Waals surface area contributed by atoms with Crippen LogP contribution in [-0.2, 0) is 0 Å². The maximum atomic E-state index is 9.90. The summed E-state index contributed by atoms with van der Waals surface area (Å²) < 4.78 is 6.03. The van der Waals surface area contributed by atoms with E-state index in [-0.39, 0.29) is 5.41 Å². The maximum absolute atomic E-state index is 9.90. The number of benzene rings is 2. The molecule has 0 unspecified atom stereocenters. The normalized spacial score (nSPS) is 20.5. The van der Waals surface area contributed by atoms with E-state index >= 15 is 0 Å². The van der Waals surface area contributed by atoms with Gasteiger partial charge in [0.25, 0.3) is 0 Å².